The number of nitrogens with zero attached hydrogens (tertiary/aromatic N) is 2. The van der Waals surface area contributed by atoms with Gasteiger partial charge < -0.3 is 0 Å². The van der Waals surface area contributed by atoms with Crippen molar-refractivity contribution < 1.29 is 0 Å². The maximum atomic E-state index is 9.90. The van der Waals surface area contributed by atoms with E-state index >= 15 is 0 Å². The van der Waals surface area contributed by atoms with Gasteiger partial charge >= 0.3 is 0 Å². The van der Waals surface area contributed by atoms with Gasteiger partial charge in [0.1, 0.15) is 0 Å². The summed E-state index contributed by atoms with van der Waals surface area (Å²) >= 11 is 1.49. The van der Waals surface area contributed by atoms with Crippen LogP contribution in [0.2, 0.25) is 0 Å². The minimum absolute atomic E-state index is 0.715. The molecule has 1 N–H and O–H groups in total. The van der Waals surface area contributed by atoms with E-state index in [1.165, 1.54) is 22.4 Å². The fourth-order valence-corrected chi connectivity index (χ4v) is 2.04. The Morgan fingerprint density at radius 1 is 1.50 bits per heavy atom. The average Bonchev–Trinajstić information content (AvgIpc) is 2.47. The Hall–Kier alpha value is -1.07. The van der Waals surface area contributed by atoms with E-state index in [1.54, 1.807) is 4.41 Å². The lowest BCUT2D eigenvalue weighted by Gasteiger charge is -2.07. The van der Waals surface area contributed by atoms with Gasteiger partial charge in [0.05, 0.1) is 11.8 Å². The summed E-state index contributed by atoms with van der Waals surface area (Å²) in [6.45, 7) is 0.715. The van der Waals surface area contributed by atoms with Crippen molar-refractivity contribution in [2.45, 2.75) is 11.4 Å². The molecule has 62 valence electrons. The van der Waals surface area contributed by atoms with Crippen LogP contribution in [-0.4, -0.2) is 4.41 Å². The smallest absolute Gasteiger partial charge is 0.0666 e. The van der Waals surface area contributed by atoms with Crippen LogP contribution in [0.5, 0.6) is 0 Å². The van der Waals surface area contributed by atoms with Gasteiger partial charge in [0.15, 0.2) is 0 Å². The van der Waals surface area contributed by atoms with E-state index in [0.29, 0.717) is 6.54 Å². The fraction of sp³-hybridized carbons (Fsp3) is 0.143. The van der Waals surface area contributed by atoms with E-state index in [1.807, 2.05) is 24.3 Å². The predicted molar refractivity (Wildman–Crippen MR) is 46.8 cm³/mol. The third-order valence-electron chi connectivity index (χ3n) is 1.65. The highest BCUT2D eigenvalue weighted by Crippen LogP contribution is 2.33. The Kier molecular flexibility index (Phi) is 1.97. The molecule has 12 heavy (non-hydrogen) atoms. The first kappa shape index (κ1) is 7.57. The van der Waals surface area contributed by atoms with Gasteiger partial charge in [-0.25, -0.2) is 0 Å². The maximum Gasteiger partial charge on any atom is 0.0666 e. The van der Waals surface area contributed by atoms with Crippen molar-refractivity contribution >= 4 is 11.9 Å². The molecule has 0 saturated heterocycles. The first-order valence-corrected chi connectivity index (χ1v) is 4.29. The molecule has 2 rings (SSSR count). The van der Waals surface area contributed by atoms with E-state index in [4.69, 9.17) is 0 Å². The molecule has 5 heteroatoms. The third kappa shape index (κ3) is 1.28. The quantitative estimate of drug-likeness (QED) is 0.428. The van der Waals surface area contributed by atoms with Crippen molar-refractivity contribution in [1.29, 1.82) is 0 Å². The molecule has 0 bridgehead atoms. The van der Waals surface area contributed by atoms with Crippen molar-refractivity contribution in [1.82, 2.24) is 9.95 Å². The van der Waals surface area contributed by atoms with Crippen LogP contribution >= 0.6 is 11.9 Å². The molecule has 0 atom stereocenters. The van der Waals surface area contributed by atoms with Crippen LogP contribution in [0.4, 0.5) is 0 Å². The Morgan fingerprint density at radius 3 is 3.08 bits per heavy atom. The Morgan fingerprint density at radius 2 is 2.33 bits per heavy atom. The number of benzene rings is 1. The molecule has 0 aromatic heterocycles. The molecule has 1 aromatic carbocycles. The molecule has 1 aliphatic heterocycles. The second kappa shape index (κ2) is 3.12. The maximum absolute atomic E-state index is 9.90. The second-order valence-electron chi connectivity index (χ2n) is 2.43. The lowest BCUT2D eigenvalue weighted by Crippen LogP contribution is -2.22. The largest absolute Gasteiger partial charge is 0.193 e. The van der Waals surface area contributed by atoms with Crippen LogP contribution in [0.25, 0.3) is 0 Å². The molecule has 0 radical (unpaired) electrons. The normalized spacial score (nSPS) is 15.7. The van der Waals surface area contributed by atoms with Gasteiger partial charge in [-0.2, -0.15) is 5.53 Å². The summed E-state index contributed by atoms with van der Waals surface area (Å²) in [6, 6.07) is 8.02. The lowest BCUT2D eigenvalue weighted by atomic mass is 10.2. The van der Waals surface area contributed by atoms with E-state index in [-0.39, 0.29) is 0 Å². The van der Waals surface area contributed by atoms with Gasteiger partial charge in [0.2, 0.25) is 0 Å². The van der Waals surface area contributed by atoms with Gasteiger partial charge in [-0.1, -0.05) is 18.2 Å². The summed E-state index contributed by atoms with van der Waals surface area (Å²) in [5, 5.41) is 2.61. The van der Waals surface area contributed by atoms with Crippen LogP contribution in [0.3, 0.4) is 0 Å². The van der Waals surface area contributed by atoms with E-state index in [2.05, 4.69) is 10.8 Å². The van der Waals surface area contributed by atoms with Crippen molar-refractivity contribution in [3.63, 3.8) is 0 Å². The van der Waals surface area contributed by atoms with E-state index in [9.17, 15) is 4.91 Å². The van der Waals surface area contributed by atoms with Gasteiger partial charge in [-0.15, -0.1) is 9.32 Å². The highest BCUT2D eigenvalue weighted by Gasteiger charge is 2.18. The van der Waals surface area contributed by atoms with E-state index in [0.717, 1.165) is 0 Å². The topological polar surface area (TPSA) is 44.7 Å². The predicted octanol–water partition coefficient (Wildman–Crippen LogP) is 1.70. The van der Waals surface area contributed by atoms with E-state index < -0.39 is 0 Å². The molecule has 1 aromatic rings. The van der Waals surface area contributed by atoms with Gasteiger partial charge in [0, 0.05) is 4.90 Å². The summed E-state index contributed by atoms with van der Waals surface area (Å²) in [6.07, 6.45) is 0. The number of hydrazine groups is 1. The molecule has 4 nitrogen and oxygen atoms in total. The standard InChI is InChI=1S/C7H7N3OS/c11-9-8-10-5-6-3-1-2-4-7(6)12-10/h1-4H,5H2,(H,8,11). The zero-order chi connectivity index (χ0) is 8.39. The van der Waals surface area contributed by atoms with Crippen LogP contribution < -0.4 is 5.53 Å². The van der Waals surface area contributed by atoms with Gasteiger partial charge in [-0.3, -0.25) is 0 Å². The van der Waals surface area contributed by atoms with Crippen molar-refractivity contribution in [3.05, 3.63) is 34.7 Å². The number of hydrogen-bond acceptors (Lipinski definition) is 4. The van der Waals surface area contributed by atoms with Crippen LogP contribution in [0.1, 0.15) is 5.56 Å². The molecular weight excluding hydrogens is 174 g/mol. The molecule has 0 aliphatic carbocycles. The summed E-state index contributed by atoms with van der Waals surface area (Å²) in [5.74, 6) is 0. The fourth-order valence-electron chi connectivity index (χ4n) is 1.13. The van der Waals surface area contributed by atoms with Crippen LogP contribution in [-0.2, 0) is 6.54 Å². The first-order chi connectivity index (χ1) is 5.90. The molecule has 1 aliphatic rings. The Balaban J connectivity index is 2.16. The Bertz CT molecular complexity index is 279. The molecule has 1 heterocycles. The zero-order valence-corrected chi connectivity index (χ0v) is 7.04. The molecule has 0 unspecified atom stereocenters. The van der Waals surface area contributed by atoms with Crippen molar-refractivity contribution in [2.75, 3.05) is 0 Å². The molecule has 0 saturated carbocycles. The lowest BCUT2D eigenvalue weighted by molar-refractivity contribution is 0.362. The number of nitrogens with one attached hydrogen (secondary N) is 1. The monoisotopic (exact) mass is 181 g/mol. The van der Waals surface area contributed by atoms with Crippen LogP contribution in [0, 0.1) is 4.91 Å². The first-order valence-electron chi connectivity index (χ1n) is 3.51. The molecule has 0 spiro atoms. The molecular formula is C7H7N3OS. The summed E-state index contributed by atoms with van der Waals surface area (Å²) in [4.78, 5) is 11.1. The highest BCUT2D eigenvalue weighted by atomic mass is 32.2. The zero-order valence-electron chi connectivity index (χ0n) is 6.23. The molecule has 0 amide bonds. The minimum atomic E-state index is 0.715. The highest BCUT2D eigenvalue weighted by molar-refractivity contribution is 7.97. The number of fused-ring (bicyclic) bond motifs is 1. The van der Waals surface area contributed by atoms with Crippen molar-refractivity contribution in [2.24, 2.45) is 5.29 Å². The number of hydrogen-bond donors (Lipinski definition) is 1. The summed E-state index contributed by atoms with van der Waals surface area (Å²) in [5.41, 5.74) is 3.58. The van der Waals surface area contributed by atoms with Gasteiger partial charge in [-0.05, 0) is 23.6 Å². The number of nitroso groups, excluding NO2 is 1. The number of rotatable bonds is 2. The van der Waals surface area contributed by atoms with Crippen LogP contribution in [0.15, 0.2) is 34.4 Å². The second-order valence-corrected chi connectivity index (χ2v) is 3.49. The summed E-state index contributed by atoms with van der Waals surface area (Å²) in [7, 11) is 0. The minimum Gasteiger partial charge on any atom is -0.193 e. The molecule has 0 fully saturated rings. The Labute approximate surface area is 74.0 Å². The SMILES string of the molecule is O=NNN1Cc2ccccc2S1. The third-order valence-corrected chi connectivity index (χ3v) is 2.67. The summed E-state index contributed by atoms with van der Waals surface area (Å²) < 4.78 is 1.69. The van der Waals surface area contributed by atoms with Crippen molar-refractivity contribution in [3.8, 4) is 0 Å². The average molecular weight is 181 g/mol. The van der Waals surface area contributed by atoms with Gasteiger partial charge in [0.25, 0.3) is 0 Å².